The Morgan fingerprint density at radius 2 is 2.00 bits per heavy atom. The fraction of sp³-hybridized carbons (Fsp3) is 0.118. The molecule has 24 heavy (non-hydrogen) atoms. The number of benzene rings is 2. The van der Waals surface area contributed by atoms with Crippen LogP contribution in [0.2, 0.25) is 0 Å². The van der Waals surface area contributed by atoms with Crippen molar-refractivity contribution in [3.63, 3.8) is 0 Å². The molecule has 5 nitrogen and oxygen atoms in total. The maximum Gasteiger partial charge on any atom is 0.305 e. The molecule has 1 aliphatic heterocycles. The van der Waals surface area contributed by atoms with Crippen molar-refractivity contribution >= 4 is 57.0 Å². The molecule has 1 aliphatic rings. The predicted octanol–water partition coefficient (Wildman–Crippen LogP) is 3.22. The van der Waals surface area contributed by atoms with Crippen LogP contribution < -0.4 is 0 Å². The summed E-state index contributed by atoms with van der Waals surface area (Å²) < 4.78 is 0.327. The Balaban J connectivity index is 1.92. The number of phenols is 1. The number of thioether (sulfide) groups is 1. The van der Waals surface area contributed by atoms with E-state index in [-0.39, 0.29) is 24.6 Å². The second-order valence-corrected chi connectivity index (χ2v) is 6.88. The Hall–Kier alpha value is -2.38. The van der Waals surface area contributed by atoms with E-state index in [1.165, 1.54) is 4.90 Å². The first kappa shape index (κ1) is 16.5. The number of hydrogen-bond donors (Lipinski definition) is 2. The zero-order chi connectivity index (χ0) is 17.3. The smallest absolute Gasteiger partial charge is 0.305 e. The Morgan fingerprint density at radius 3 is 2.75 bits per heavy atom. The van der Waals surface area contributed by atoms with E-state index in [1.807, 2.05) is 24.3 Å². The van der Waals surface area contributed by atoms with E-state index in [0.29, 0.717) is 20.2 Å². The van der Waals surface area contributed by atoms with E-state index in [1.54, 1.807) is 18.2 Å². The summed E-state index contributed by atoms with van der Waals surface area (Å²) in [4.78, 5) is 24.7. The minimum absolute atomic E-state index is 0.0427. The highest BCUT2D eigenvalue weighted by molar-refractivity contribution is 8.26. The Morgan fingerprint density at radius 1 is 1.25 bits per heavy atom. The van der Waals surface area contributed by atoms with Crippen LogP contribution in [0.1, 0.15) is 12.0 Å². The van der Waals surface area contributed by atoms with Crippen molar-refractivity contribution in [3.05, 3.63) is 46.9 Å². The first-order valence-corrected chi connectivity index (χ1v) is 8.37. The Labute approximate surface area is 147 Å². The fourth-order valence-corrected chi connectivity index (χ4v) is 3.73. The third-order valence-electron chi connectivity index (χ3n) is 3.64. The largest absolute Gasteiger partial charge is 0.507 e. The lowest BCUT2D eigenvalue weighted by Crippen LogP contribution is -2.30. The molecule has 0 bridgehead atoms. The van der Waals surface area contributed by atoms with Gasteiger partial charge < -0.3 is 10.2 Å². The molecule has 2 N–H and O–H groups in total. The van der Waals surface area contributed by atoms with Crippen molar-refractivity contribution < 1.29 is 19.8 Å². The lowest BCUT2D eigenvalue weighted by atomic mass is 10.0. The van der Waals surface area contributed by atoms with Gasteiger partial charge in [-0.25, -0.2) is 0 Å². The van der Waals surface area contributed by atoms with Crippen molar-refractivity contribution in [1.29, 1.82) is 0 Å². The van der Waals surface area contributed by atoms with Crippen LogP contribution in [0.5, 0.6) is 5.75 Å². The van der Waals surface area contributed by atoms with E-state index in [0.717, 1.165) is 17.1 Å². The van der Waals surface area contributed by atoms with Crippen LogP contribution in [0, 0.1) is 0 Å². The summed E-state index contributed by atoms with van der Waals surface area (Å²) in [5, 5.41) is 20.8. The zero-order valence-corrected chi connectivity index (χ0v) is 14.1. The van der Waals surface area contributed by atoms with Crippen LogP contribution in [-0.4, -0.2) is 37.9 Å². The van der Waals surface area contributed by atoms with Crippen LogP contribution in [0.25, 0.3) is 16.8 Å². The normalized spacial score (nSPS) is 16.3. The third-order valence-corrected chi connectivity index (χ3v) is 5.02. The van der Waals surface area contributed by atoms with Crippen LogP contribution in [-0.2, 0) is 9.59 Å². The molecular formula is C17H13NO4S2. The summed E-state index contributed by atoms with van der Waals surface area (Å²) in [6.07, 6.45) is 1.42. The van der Waals surface area contributed by atoms with Crippen LogP contribution in [0.4, 0.5) is 0 Å². The molecule has 0 saturated carbocycles. The molecule has 7 heteroatoms. The van der Waals surface area contributed by atoms with E-state index in [9.17, 15) is 14.7 Å². The van der Waals surface area contributed by atoms with Crippen LogP contribution >= 0.6 is 24.0 Å². The topological polar surface area (TPSA) is 77.8 Å². The first-order valence-electron chi connectivity index (χ1n) is 7.15. The van der Waals surface area contributed by atoms with Crippen molar-refractivity contribution in [3.8, 4) is 5.75 Å². The number of aliphatic carboxylic acids is 1. The van der Waals surface area contributed by atoms with Crippen LogP contribution in [0.15, 0.2) is 41.3 Å². The Bertz CT molecular complexity index is 891. The first-order chi connectivity index (χ1) is 11.5. The number of aromatic hydroxyl groups is 1. The number of carbonyl (C=O) groups is 2. The van der Waals surface area contributed by atoms with Gasteiger partial charge in [-0.2, -0.15) is 0 Å². The van der Waals surface area contributed by atoms with Gasteiger partial charge in [0.25, 0.3) is 5.91 Å². The quantitative estimate of drug-likeness (QED) is 0.645. The number of carboxylic acid groups (broad SMARTS) is 1. The molecule has 0 aromatic heterocycles. The van der Waals surface area contributed by atoms with Gasteiger partial charge in [0, 0.05) is 17.5 Å². The van der Waals surface area contributed by atoms with Gasteiger partial charge in [0.2, 0.25) is 0 Å². The molecule has 2 aromatic rings. The molecule has 0 aliphatic carbocycles. The molecule has 2 aromatic carbocycles. The molecule has 0 spiro atoms. The molecule has 1 heterocycles. The lowest BCUT2D eigenvalue weighted by molar-refractivity contribution is -0.137. The van der Waals surface area contributed by atoms with Gasteiger partial charge >= 0.3 is 5.97 Å². The second-order valence-electron chi connectivity index (χ2n) is 5.20. The summed E-state index contributed by atoms with van der Waals surface area (Å²) in [5.41, 5.74) is 0.521. The standard InChI is InChI=1S/C17H13NO4S2/c19-14(20)7-8-18-16(22)13(24-17(18)23)9-11-6-5-10-3-1-2-4-12(10)15(11)21/h1-6,9,21H,7-8H2,(H,19,20). The van der Waals surface area contributed by atoms with Gasteiger partial charge in [0.05, 0.1) is 11.3 Å². The zero-order valence-electron chi connectivity index (χ0n) is 12.4. The highest BCUT2D eigenvalue weighted by Gasteiger charge is 2.32. The van der Waals surface area contributed by atoms with E-state index in [4.69, 9.17) is 17.3 Å². The molecule has 122 valence electrons. The van der Waals surface area contributed by atoms with Gasteiger partial charge in [-0.05, 0) is 11.5 Å². The number of carbonyl (C=O) groups excluding carboxylic acids is 1. The van der Waals surface area contributed by atoms with Gasteiger partial charge in [0.15, 0.2) is 0 Å². The van der Waals surface area contributed by atoms with E-state index < -0.39 is 5.97 Å². The number of phenolic OH excluding ortho intramolecular Hbond substituents is 1. The van der Waals surface area contributed by atoms with E-state index >= 15 is 0 Å². The number of thiocarbonyl (C=S) groups is 1. The number of amides is 1. The molecule has 0 unspecified atom stereocenters. The molecule has 1 amide bonds. The highest BCUT2D eigenvalue weighted by Crippen LogP contribution is 2.36. The molecular weight excluding hydrogens is 346 g/mol. The maximum atomic E-state index is 12.4. The third kappa shape index (κ3) is 3.13. The summed E-state index contributed by atoms with van der Waals surface area (Å²) in [6, 6.07) is 11.0. The van der Waals surface area contributed by atoms with Crippen LogP contribution in [0.3, 0.4) is 0 Å². The predicted molar refractivity (Wildman–Crippen MR) is 97.7 cm³/mol. The number of fused-ring (bicyclic) bond motifs is 1. The minimum Gasteiger partial charge on any atom is -0.507 e. The van der Waals surface area contributed by atoms with Crippen molar-refractivity contribution in [1.82, 2.24) is 4.90 Å². The molecule has 0 radical (unpaired) electrons. The monoisotopic (exact) mass is 359 g/mol. The summed E-state index contributed by atoms with van der Waals surface area (Å²) in [7, 11) is 0. The number of rotatable bonds is 4. The summed E-state index contributed by atoms with van der Waals surface area (Å²) >= 11 is 6.25. The average Bonchev–Trinajstić information content (AvgIpc) is 2.82. The fourth-order valence-electron chi connectivity index (χ4n) is 2.43. The van der Waals surface area contributed by atoms with Crippen molar-refractivity contribution in [2.45, 2.75) is 6.42 Å². The molecule has 0 atom stereocenters. The van der Waals surface area contributed by atoms with Crippen molar-refractivity contribution in [2.24, 2.45) is 0 Å². The summed E-state index contributed by atoms with van der Waals surface area (Å²) in [5.74, 6) is -1.22. The maximum absolute atomic E-state index is 12.4. The van der Waals surface area contributed by atoms with Gasteiger partial charge in [-0.3, -0.25) is 14.5 Å². The molecule has 3 rings (SSSR count). The number of nitrogens with zero attached hydrogens (tertiary/aromatic N) is 1. The SMILES string of the molecule is O=C(O)CCN1C(=O)C(=Cc2ccc3ccccc3c2O)SC1=S. The molecule has 1 saturated heterocycles. The second kappa shape index (κ2) is 6.62. The van der Waals surface area contributed by atoms with Gasteiger partial charge in [-0.1, -0.05) is 60.4 Å². The minimum atomic E-state index is -0.986. The molecule has 1 fully saturated rings. The number of carboxylic acids is 1. The average molecular weight is 359 g/mol. The highest BCUT2D eigenvalue weighted by atomic mass is 32.2. The van der Waals surface area contributed by atoms with Gasteiger partial charge in [-0.15, -0.1) is 0 Å². The van der Waals surface area contributed by atoms with Gasteiger partial charge in [0.1, 0.15) is 10.1 Å². The Kier molecular flexibility index (Phi) is 4.55. The summed E-state index contributed by atoms with van der Waals surface area (Å²) in [6.45, 7) is 0.0427. The number of hydrogen-bond acceptors (Lipinski definition) is 5. The van der Waals surface area contributed by atoms with Crippen molar-refractivity contribution in [2.75, 3.05) is 6.54 Å². The van der Waals surface area contributed by atoms with E-state index in [2.05, 4.69) is 0 Å². The lowest BCUT2D eigenvalue weighted by Gasteiger charge is -2.12.